The van der Waals surface area contributed by atoms with Crippen molar-refractivity contribution in [2.24, 2.45) is 5.92 Å². The molecular weight excluding hydrogens is 438 g/mol. The lowest BCUT2D eigenvalue weighted by atomic mass is 9.98. The Bertz CT molecular complexity index is 1040. The van der Waals surface area contributed by atoms with Gasteiger partial charge in [-0.2, -0.15) is 18.3 Å². The number of hydrogen-bond acceptors (Lipinski definition) is 4. The number of hydrogen-bond donors (Lipinski definition) is 1. The highest BCUT2D eigenvalue weighted by molar-refractivity contribution is 7.91. The molecule has 0 unspecified atom stereocenters. The second-order valence-electron chi connectivity index (χ2n) is 7.87. The minimum atomic E-state index is -4.67. The molecule has 31 heavy (non-hydrogen) atoms. The van der Waals surface area contributed by atoms with Crippen molar-refractivity contribution in [3.05, 3.63) is 52.6 Å². The van der Waals surface area contributed by atoms with E-state index in [0.29, 0.717) is 25.3 Å². The van der Waals surface area contributed by atoms with Gasteiger partial charge in [-0.05, 0) is 38.2 Å². The Kier molecular flexibility index (Phi) is 6.73. The molecule has 2 aromatic rings. The van der Waals surface area contributed by atoms with Gasteiger partial charge in [-0.15, -0.1) is 0 Å². The van der Waals surface area contributed by atoms with Gasteiger partial charge in [0, 0.05) is 24.7 Å². The van der Waals surface area contributed by atoms with Crippen LogP contribution in [0.25, 0.3) is 0 Å². The molecule has 0 atom stereocenters. The zero-order valence-electron chi connectivity index (χ0n) is 16.9. The van der Waals surface area contributed by atoms with Crippen LogP contribution in [0.1, 0.15) is 46.6 Å². The third-order valence-corrected chi connectivity index (χ3v) is 7.15. The number of aromatic nitrogens is 2. The first-order chi connectivity index (χ1) is 14.4. The molecule has 1 aromatic heterocycles. The molecule has 3 rings (SSSR count). The van der Waals surface area contributed by atoms with Gasteiger partial charge in [0.2, 0.25) is 0 Å². The lowest BCUT2D eigenvalue weighted by molar-refractivity contribution is -0.141. The van der Waals surface area contributed by atoms with E-state index >= 15 is 0 Å². The Morgan fingerprint density at radius 2 is 1.90 bits per heavy atom. The van der Waals surface area contributed by atoms with Crippen LogP contribution in [-0.2, 0) is 22.6 Å². The van der Waals surface area contributed by atoms with Crippen LogP contribution in [0.15, 0.2) is 24.3 Å². The van der Waals surface area contributed by atoms with E-state index in [0.717, 1.165) is 5.56 Å². The fourth-order valence-corrected chi connectivity index (χ4v) is 5.18. The molecule has 0 spiro atoms. The average molecular weight is 461 g/mol. The number of amides is 1. The van der Waals surface area contributed by atoms with Gasteiger partial charge in [-0.25, -0.2) is 12.8 Å². The normalized spacial score (nSPS) is 16.9. The fourth-order valence-electron chi connectivity index (χ4n) is 3.59. The van der Waals surface area contributed by atoms with E-state index in [2.05, 4.69) is 5.10 Å². The van der Waals surface area contributed by atoms with E-state index in [1.54, 1.807) is 19.1 Å². The fraction of sp³-hybridized carbons (Fsp3) is 0.500. The number of sulfone groups is 1. The van der Waals surface area contributed by atoms with Crippen LogP contribution in [0.3, 0.4) is 0 Å². The highest BCUT2D eigenvalue weighted by atomic mass is 32.2. The maximum Gasteiger partial charge on any atom is 0.432 e. The van der Waals surface area contributed by atoms with E-state index in [9.17, 15) is 30.8 Å². The number of halogens is 4. The first-order valence-corrected chi connectivity index (χ1v) is 11.6. The van der Waals surface area contributed by atoms with Crippen LogP contribution in [-0.4, -0.2) is 47.5 Å². The summed E-state index contributed by atoms with van der Waals surface area (Å²) in [4.78, 5) is 14.2. The molecule has 0 radical (unpaired) electrons. The summed E-state index contributed by atoms with van der Waals surface area (Å²) in [7, 11) is -3.03. The first kappa shape index (κ1) is 23.2. The van der Waals surface area contributed by atoms with Gasteiger partial charge in [0.05, 0.1) is 11.5 Å². The zero-order valence-corrected chi connectivity index (χ0v) is 17.7. The Balaban J connectivity index is 1.78. The van der Waals surface area contributed by atoms with Gasteiger partial charge < -0.3 is 4.90 Å². The number of H-pyrrole nitrogens is 1. The van der Waals surface area contributed by atoms with Crippen LogP contribution in [0.4, 0.5) is 17.6 Å². The lowest BCUT2D eigenvalue weighted by Gasteiger charge is -2.27. The predicted octanol–water partition coefficient (Wildman–Crippen LogP) is 3.73. The Morgan fingerprint density at radius 1 is 1.23 bits per heavy atom. The summed E-state index contributed by atoms with van der Waals surface area (Å²) in [6, 6.07) is 5.07. The van der Waals surface area contributed by atoms with E-state index in [-0.39, 0.29) is 36.1 Å². The minimum Gasteiger partial charge on any atom is -0.333 e. The Hall–Kier alpha value is -2.43. The quantitative estimate of drug-likeness (QED) is 0.665. The second kappa shape index (κ2) is 8.97. The molecule has 1 aliphatic heterocycles. The largest absolute Gasteiger partial charge is 0.432 e. The zero-order chi connectivity index (χ0) is 22.8. The summed E-state index contributed by atoms with van der Waals surface area (Å²) in [5.41, 5.74) is -0.534. The number of nitrogens with one attached hydrogen (secondary N) is 1. The summed E-state index contributed by atoms with van der Waals surface area (Å²) in [5.74, 6) is -1.06. The molecule has 1 fully saturated rings. The van der Waals surface area contributed by atoms with Crippen LogP contribution in [0, 0.1) is 18.7 Å². The van der Waals surface area contributed by atoms with Crippen LogP contribution in [0.5, 0.6) is 0 Å². The molecule has 1 aromatic carbocycles. The van der Waals surface area contributed by atoms with E-state index in [4.69, 9.17) is 0 Å². The number of carbonyl (C=O) groups is 1. The second-order valence-corrected chi connectivity index (χ2v) is 10.2. The van der Waals surface area contributed by atoms with Crippen molar-refractivity contribution in [3.63, 3.8) is 0 Å². The number of alkyl halides is 3. The number of rotatable bonds is 6. The molecule has 0 aliphatic carbocycles. The molecule has 1 aliphatic rings. The molecule has 6 nitrogen and oxygen atoms in total. The van der Waals surface area contributed by atoms with E-state index in [1.165, 1.54) is 11.0 Å². The third kappa shape index (κ3) is 6.05. The summed E-state index contributed by atoms with van der Waals surface area (Å²) >= 11 is 0. The van der Waals surface area contributed by atoms with Crippen LogP contribution in [0.2, 0.25) is 0 Å². The van der Waals surface area contributed by atoms with Crippen molar-refractivity contribution in [1.29, 1.82) is 0 Å². The smallest absolute Gasteiger partial charge is 0.333 e. The van der Waals surface area contributed by atoms with Gasteiger partial charge in [-0.3, -0.25) is 9.89 Å². The number of aryl methyl sites for hydroxylation is 1. The lowest BCUT2D eigenvalue weighted by Crippen LogP contribution is -2.34. The maximum atomic E-state index is 14.3. The van der Waals surface area contributed by atoms with Gasteiger partial charge in [0.15, 0.2) is 5.69 Å². The standard InChI is InChI=1S/C20H23F4N3O3S/c1-13-2-3-16(21)15(10-13)12-27(7-4-14-5-8-31(29,30)9-6-14)19(28)17-11-18(26-25-17)20(22,23)24/h2-3,10-11,14H,4-9,12H2,1H3,(H,25,26). The predicted molar refractivity (Wildman–Crippen MR) is 105 cm³/mol. The molecule has 170 valence electrons. The van der Waals surface area contributed by atoms with Gasteiger partial charge >= 0.3 is 6.18 Å². The average Bonchev–Trinajstić information content (AvgIpc) is 3.19. The molecule has 2 heterocycles. The monoisotopic (exact) mass is 461 g/mol. The summed E-state index contributed by atoms with van der Waals surface area (Å²) in [5, 5.41) is 5.31. The van der Waals surface area contributed by atoms with Crippen molar-refractivity contribution in [3.8, 4) is 0 Å². The van der Waals surface area contributed by atoms with E-state index in [1.807, 2.05) is 5.10 Å². The highest BCUT2D eigenvalue weighted by Gasteiger charge is 2.34. The number of nitrogens with zero attached hydrogens (tertiary/aromatic N) is 2. The number of carbonyl (C=O) groups excluding carboxylic acids is 1. The van der Waals surface area contributed by atoms with Gasteiger partial charge in [-0.1, -0.05) is 17.7 Å². The molecule has 1 saturated heterocycles. The van der Waals surface area contributed by atoms with Gasteiger partial charge in [0.25, 0.3) is 5.91 Å². The summed E-state index contributed by atoms with van der Waals surface area (Å²) in [6.45, 7) is 1.78. The minimum absolute atomic E-state index is 0.0612. The van der Waals surface area contributed by atoms with Crippen molar-refractivity contribution in [1.82, 2.24) is 15.1 Å². The maximum absolute atomic E-state index is 14.3. The SMILES string of the molecule is Cc1ccc(F)c(CN(CCC2CCS(=O)(=O)CC2)C(=O)c2cc(C(F)(F)F)[nH]n2)c1. The van der Waals surface area contributed by atoms with Crippen molar-refractivity contribution >= 4 is 15.7 Å². The molecule has 11 heteroatoms. The van der Waals surface area contributed by atoms with Crippen molar-refractivity contribution < 1.29 is 30.8 Å². The van der Waals surface area contributed by atoms with Crippen LogP contribution >= 0.6 is 0 Å². The molecular formula is C20H23F4N3O3S. The van der Waals surface area contributed by atoms with Crippen molar-refractivity contribution in [2.75, 3.05) is 18.1 Å². The Labute approximate surface area is 177 Å². The van der Waals surface area contributed by atoms with Crippen molar-refractivity contribution in [2.45, 2.75) is 38.9 Å². The molecule has 1 N–H and O–H groups in total. The molecule has 1 amide bonds. The molecule has 0 bridgehead atoms. The van der Waals surface area contributed by atoms with E-state index < -0.39 is 39.1 Å². The Morgan fingerprint density at radius 3 is 2.52 bits per heavy atom. The highest BCUT2D eigenvalue weighted by Crippen LogP contribution is 2.28. The first-order valence-electron chi connectivity index (χ1n) is 9.82. The van der Waals surface area contributed by atoms with Crippen LogP contribution < -0.4 is 0 Å². The number of aromatic amines is 1. The number of benzene rings is 1. The summed E-state index contributed by atoms with van der Waals surface area (Å²) in [6.07, 6.45) is -3.29. The van der Waals surface area contributed by atoms with Gasteiger partial charge in [0.1, 0.15) is 21.3 Å². The summed E-state index contributed by atoms with van der Waals surface area (Å²) < 4.78 is 76.1. The third-order valence-electron chi connectivity index (χ3n) is 5.43. The molecule has 0 saturated carbocycles. The topological polar surface area (TPSA) is 83.1 Å².